The number of rotatable bonds is 6. The van der Waals surface area contributed by atoms with Crippen LogP contribution < -0.4 is 4.72 Å². The van der Waals surface area contributed by atoms with Gasteiger partial charge in [0.1, 0.15) is 0 Å². The smallest absolute Gasteiger partial charge is 0.311 e. The third-order valence-corrected chi connectivity index (χ3v) is 4.70. The number of esters is 1. The van der Waals surface area contributed by atoms with Crippen LogP contribution >= 0.6 is 11.3 Å². The molecule has 0 aliphatic rings. The molecule has 112 valence electrons. The number of anilines is 1. The molecule has 1 aromatic carbocycles. The van der Waals surface area contributed by atoms with Crippen LogP contribution in [0.5, 0.6) is 0 Å². The second-order valence-corrected chi connectivity index (χ2v) is 6.82. The number of carbonyl (C=O) groups is 1. The topological polar surface area (TPSA) is 85.4 Å². The molecule has 2 rings (SSSR count). The number of carbonyl (C=O) groups excluding carboxylic acids is 1. The van der Waals surface area contributed by atoms with Gasteiger partial charge in [0.2, 0.25) is 10.0 Å². The van der Waals surface area contributed by atoms with Crippen molar-refractivity contribution in [2.75, 3.05) is 11.8 Å². The largest absolute Gasteiger partial charge is 0.469 e. The van der Waals surface area contributed by atoms with Gasteiger partial charge >= 0.3 is 5.97 Å². The van der Waals surface area contributed by atoms with Crippen molar-refractivity contribution in [3.63, 3.8) is 0 Å². The van der Waals surface area contributed by atoms with Crippen LogP contribution in [0.4, 0.5) is 5.13 Å². The highest BCUT2D eigenvalue weighted by molar-refractivity contribution is 7.92. The molecule has 1 heterocycles. The quantitative estimate of drug-likeness (QED) is 0.818. The van der Waals surface area contributed by atoms with Crippen LogP contribution in [-0.4, -0.2) is 26.5 Å². The van der Waals surface area contributed by atoms with Crippen LogP contribution in [0, 0.1) is 0 Å². The van der Waals surface area contributed by atoms with Crippen LogP contribution in [0.15, 0.2) is 35.7 Å². The SMILES string of the molecule is COC(=O)Cc1csc(NS(=O)(=O)Cc2ccccc2)n1. The minimum absolute atomic E-state index is 0.0212. The zero-order valence-corrected chi connectivity index (χ0v) is 12.9. The van der Waals surface area contributed by atoms with Crippen molar-refractivity contribution in [1.82, 2.24) is 4.98 Å². The fourth-order valence-electron chi connectivity index (χ4n) is 1.62. The van der Waals surface area contributed by atoms with Crippen LogP contribution in [-0.2, 0) is 31.7 Å². The standard InChI is InChI=1S/C13H14N2O4S2/c1-19-12(16)7-11-8-20-13(14-11)15-21(17,18)9-10-5-3-2-4-6-10/h2-6,8H,7,9H2,1H3,(H,14,15). The van der Waals surface area contributed by atoms with Crippen molar-refractivity contribution in [2.24, 2.45) is 0 Å². The average Bonchev–Trinajstić information content (AvgIpc) is 2.85. The summed E-state index contributed by atoms with van der Waals surface area (Å²) in [6, 6.07) is 8.86. The lowest BCUT2D eigenvalue weighted by atomic mass is 10.2. The zero-order chi connectivity index (χ0) is 15.3. The average molecular weight is 326 g/mol. The summed E-state index contributed by atoms with van der Waals surface area (Å²) in [6.07, 6.45) is 0.0212. The third-order valence-electron chi connectivity index (χ3n) is 2.55. The fourth-order valence-corrected chi connectivity index (χ4v) is 3.76. The van der Waals surface area contributed by atoms with Gasteiger partial charge in [0.05, 0.1) is 25.0 Å². The molecule has 1 aromatic heterocycles. The number of nitrogens with zero attached hydrogens (tertiary/aromatic N) is 1. The lowest BCUT2D eigenvalue weighted by Crippen LogP contribution is -2.15. The molecule has 0 saturated heterocycles. The Balaban J connectivity index is 2.02. The Kier molecular flexibility index (Phi) is 4.92. The van der Waals surface area contributed by atoms with Gasteiger partial charge in [0, 0.05) is 5.38 Å². The maximum atomic E-state index is 12.0. The van der Waals surface area contributed by atoms with Crippen molar-refractivity contribution < 1.29 is 17.9 Å². The van der Waals surface area contributed by atoms with Gasteiger partial charge < -0.3 is 4.74 Å². The van der Waals surface area contributed by atoms with Crippen molar-refractivity contribution >= 4 is 32.5 Å². The first-order chi connectivity index (χ1) is 9.98. The van der Waals surface area contributed by atoms with E-state index in [9.17, 15) is 13.2 Å². The summed E-state index contributed by atoms with van der Waals surface area (Å²) >= 11 is 1.13. The number of hydrogen-bond acceptors (Lipinski definition) is 6. The van der Waals surface area contributed by atoms with Crippen LogP contribution in [0.3, 0.4) is 0 Å². The zero-order valence-electron chi connectivity index (χ0n) is 11.3. The number of nitrogens with one attached hydrogen (secondary N) is 1. The maximum Gasteiger partial charge on any atom is 0.311 e. The van der Waals surface area contributed by atoms with E-state index < -0.39 is 16.0 Å². The van der Waals surface area contributed by atoms with E-state index in [1.54, 1.807) is 29.6 Å². The highest BCUT2D eigenvalue weighted by Gasteiger charge is 2.15. The minimum atomic E-state index is -3.53. The summed E-state index contributed by atoms with van der Waals surface area (Å²) in [5, 5.41) is 1.86. The van der Waals surface area contributed by atoms with E-state index in [1.165, 1.54) is 7.11 Å². The summed E-state index contributed by atoms with van der Waals surface area (Å²) in [7, 11) is -2.24. The molecule has 1 N–H and O–H groups in total. The second kappa shape index (κ2) is 6.68. The van der Waals surface area contributed by atoms with Crippen molar-refractivity contribution in [3.8, 4) is 0 Å². The first kappa shape index (κ1) is 15.5. The molecule has 0 radical (unpaired) electrons. The number of methoxy groups -OCH3 is 1. The van der Waals surface area contributed by atoms with Gasteiger partial charge in [-0.05, 0) is 5.56 Å². The van der Waals surface area contributed by atoms with Gasteiger partial charge in [0.15, 0.2) is 5.13 Å². The minimum Gasteiger partial charge on any atom is -0.469 e. The van der Waals surface area contributed by atoms with E-state index in [1.807, 2.05) is 6.07 Å². The highest BCUT2D eigenvalue weighted by Crippen LogP contribution is 2.18. The number of benzene rings is 1. The van der Waals surface area contributed by atoms with Gasteiger partial charge in [0.25, 0.3) is 0 Å². The molecule has 0 amide bonds. The Morgan fingerprint density at radius 1 is 1.33 bits per heavy atom. The Labute approximate surface area is 126 Å². The molecule has 6 nitrogen and oxygen atoms in total. The number of thiazole rings is 1. The summed E-state index contributed by atoms with van der Waals surface area (Å²) in [4.78, 5) is 15.2. The van der Waals surface area contributed by atoms with Crippen LogP contribution in [0.25, 0.3) is 0 Å². The van der Waals surface area contributed by atoms with E-state index in [0.717, 1.165) is 11.3 Å². The first-order valence-corrected chi connectivity index (χ1v) is 8.57. The molecule has 2 aromatic rings. The molecule has 0 spiro atoms. The highest BCUT2D eigenvalue weighted by atomic mass is 32.2. The number of aromatic nitrogens is 1. The summed E-state index contributed by atoms with van der Waals surface area (Å²) in [6.45, 7) is 0. The summed E-state index contributed by atoms with van der Waals surface area (Å²) in [5.74, 6) is -0.543. The molecule has 8 heteroatoms. The van der Waals surface area contributed by atoms with E-state index in [4.69, 9.17) is 0 Å². The first-order valence-electron chi connectivity index (χ1n) is 6.04. The molecule has 0 bridgehead atoms. The predicted molar refractivity (Wildman–Crippen MR) is 80.5 cm³/mol. The summed E-state index contributed by atoms with van der Waals surface area (Å²) in [5.41, 5.74) is 1.17. The van der Waals surface area contributed by atoms with Crippen molar-refractivity contribution in [1.29, 1.82) is 0 Å². The summed E-state index contributed by atoms with van der Waals surface area (Å²) < 4.78 is 31.0. The molecule has 0 atom stereocenters. The molecule has 21 heavy (non-hydrogen) atoms. The van der Waals surface area contributed by atoms with Crippen molar-refractivity contribution in [3.05, 3.63) is 47.0 Å². The van der Waals surface area contributed by atoms with Gasteiger partial charge in [-0.3, -0.25) is 9.52 Å². The molecule has 0 unspecified atom stereocenters. The van der Waals surface area contributed by atoms with Crippen LogP contribution in [0.1, 0.15) is 11.3 Å². The van der Waals surface area contributed by atoms with E-state index in [0.29, 0.717) is 11.3 Å². The maximum absolute atomic E-state index is 12.0. The van der Waals surface area contributed by atoms with Gasteiger partial charge in [-0.1, -0.05) is 30.3 Å². The van der Waals surface area contributed by atoms with Gasteiger partial charge in [-0.2, -0.15) is 0 Å². The Morgan fingerprint density at radius 2 is 2.05 bits per heavy atom. The van der Waals surface area contributed by atoms with E-state index >= 15 is 0 Å². The molecular formula is C13H14N2O4S2. The Bertz CT molecular complexity index is 711. The van der Waals surface area contributed by atoms with Gasteiger partial charge in [-0.15, -0.1) is 11.3 Å². The molecule has 0 saturated carbocycles. The number of ether oxygens (including phenoxy) is 1. The van der Waals surface area contributed by atoms with E-state index in [-0.39, 0.29) is 17.3 Å². The number of sulfonamides is 1. The lowest BCUT2D eigenvalue weighted by molar-refractivity contribution is -0.139. The van der Waals surface area contributed by atoms with E-state index in [2.05, 4.69) is 14.4 Å². The van der Waals surface area contributed by atoms with Crippen LogP contribution in [0.2, 0.25) is 0 Å². The third kappa shape index (κ3) is 4.83. The molecule has 0 aliphatic heterocycles. The second-order valence-electron chi connectivity index (χ2n) is 4.24. The lowest BCUT2D eigenvalue weighted by Gasteiger charge is -2.04. The van der Waals surface area contributed by atoms with Gasteiger partial charge in [-0.25, -0.2) is 13.4 Å². The Hall–Kier alpha value is -1.93. The molecule has 0 fully saturated rings. The normalized spacial score (nSPS) is 11.1. The molecule has 0 aliphatic carbocycles. The number of hydrogen-bond donors (Lipinski definition) is 1. The molecular weight excluding hydrogens is 312 g/mol. The fraction of sp³-hybridized carbons (Fsp3) is 0.231. The van der Waals surface area contributed by atoms with Crippen molar-refractivity contribution in [2.45, 2.75) is 12.2 Å². The Morgan fingerprint density at radius 3 is 2.71 bits per heavy atom. The monoisotopic (exact) mass is 326 g/mol. The predicted octanol–water partition coefficient (Wildman–Crippen LogP) is 1.80.